The Hall–Kier alpha value is -1.44. The van der Waals surface area contributed by atoms with Crippen molar-refractivity contribution >= 4 is 5.82 Å². The summed E-state index contributed by atoms with van der Waals surface area (Å²) < 4.78 is 6.76. The molecule has 7 nitrogen and oxygen atoms in total. The molecule has 1 aromatic heterocycles. The van der Waals surface area contributed by atoms with Gasteiger partial charge in [0.1, 0.15) is 18.1 Å². The second-order valence-electron chi connectivity index (χ2n) is 4.33. The van der Waals surface area contributed by atoms with Crippen LogP contribution in [-0.2, 0) is 4.74 Å². The van der Waals surface area contributed by atoms with Gasteiger partial charge in [0.2, 0.25) is 0 Å². The predicted octanol–water partition coefficient (Wildman–Crippen LogP) is -0.766. The molecule has 0 unspecified atom stereocenters. The molecule has 1 aromatic rings. The lowest BCUT2D eigenvalue weighted by atomic mass is 10.2. The Bertz CT molecular complexity index is 488. The number of hydrogen-bond donors (Lipinski definition) is 3. The molecule has 2 heterocycles. The summed E-state index contributed by atoms with van der Waals surface area (Å²) in [6.45, 7) is 1.55. The zero-order chi connectivity index (χ0) is 13.3. The molecule has 1 saturated heterocycles. The summed E-state index contributed by atoms with van der Waals surface area (Å²) >= 11 is 0. The van der Waals surface area contributed by atoms with Gasteiger partial charge in [0.25, 0.3) is 0 Å². The van der Waals surface area contributed by atoms with Gasteiger partial charge >= 0.3 is 5.69 Å². The van der Waals surface area contributed by atoms with Crippen LogP contribution in [0.2, 0.25) is 0 Å². The van der Waals surface area contributed by atoms with E-state index in [1.807, 2.05) is 6.92 Å². The number of nitrogens with one attached hydrogen (secondary N) is 1. The van der Waals surface area contributed by atoms with Crippen molar-refractivity contribution in [1.29, 1.82) is 0 Å². The van der Waals surface area contributed by atoms with Gasteiger partial charge in [-0.05, 0) is 6.92 Å². The summed E-state index contributed by atoms with van der Waals surface area (Å²) in [4.78, 5) is 15.7. The minimum absolute atomic E-state index is 0.269. The molecule has 0 aromatic carbocycles. The second-order valence-corrected chi connectivity index (χ2v) is 4.33. The highest BCUT2D eigenvalue weighted by Crippen LogP contribution is 2.27. The fraction of sp³-hybridized carbons (Fsp3) is 0.636. The first-order valence-electron chi connectivity index (χ1n) is 5.78. The van der Waals surface area contributed by atoms with Gasteiger partial charge in [-0.3, -0.25) is 4.57 Å². The Morgan fingerprint density at radius 2 is 2.39 bits per heavy atom. The van der Waals surface area contributed by atoms with Crippen LogP contribution in [0.5, 0.6) is 0 Å². The van der Waals surface area contributed by atoms with Gasteiger partial charge in [0, 0.05) is 25.2 Å². The third-order valence-electron chi connectivity index (χ3n) is 3.07. The third kappa shape index (κ3) is 2.24. The Morgan fingerprint density at radius 1 is 1.67 bits per heavy atom. The van der Waals surface area contributed by atoms with E-state index < -0.39 is 24.1 Å². The zero-order valence-corrected chi connectivity index (χ0v) is 10.3. The summed E-state index contributed by atoms with van der Waals surface area (Å²) in [5.74, 6) is 0.522. The van der Waals surface area contributed by atoms with Crippen LogP contribution in [0.1, 0.15) is 18.2 Å². The Morgan fingerprint density at radius 3 is 2.94 bits per heavy atom. The van der Waals surface area contributed by atoms with Crippen molar-refractivity contribution in [2.24, 2.45) is 0 Å². The predicted molar refractivity (Wildman–Crippen MR) is 64.4 cm³/mol. The van der Waals surface area contributed by atoms with E-state index in [4.69, 9.17) is 9.84 Å². The van der Waals surface area contributed by atoms with Crippen molar-refractivity contribution in [3.63, 3.8) is 0 Å². The van der Waals surface area contributed by atoms with Crippen LogP contribution in [0.3, 0.4) is 0 Å². The number of nitrogens with zero attached hydrogens (tertiary/aromatic N) is 2. The van der Waals surface area contributed by atoms with E-state index in [1.165, 1.54) is 4.57 Å². The number of hydrogen-bond acceptors (Lipinski definition) is 6. The minimum Gasteiger partial charge on any atom is -0.394 e. The topological polar surface area (TPSA) is 96.6 Å². The van der Waals surface area contributed by atoms with E-state index in [9.17, 15) is 9.90 Å². The maximum Gasteiger partial charge on any atom is 0.351 e. The Balaban J connectivity index is 2.30. The van der Waals surface area contributed by atoms with Crippen LogP contribution in [0, 0.1) is 6.92 Å². The smallest absolute Gasteiger partial charge is 0.351 e. The van der Waals surface area contributed by atoms with E-state index in [-0.39, 0.29) is 13.0 Å². The normalized spacial score (nSPS) is 27.4. The highest BCUT2D eigenvalue weighted by molar-refractivity contribution is 5.40. The molecule has 0 saturated carbocycles. The number of aliphatic hydroxyl groups excluding tert-OH is 2. The molecule has 0 bridgehead atoms. The average Bonchev–Trinajstić information content (AvgIpc) is 2.72. The van der Waals surface area contributed by atoms with E-state index in [2.05, 4.69) is 10.3 Å². The van der Waals surface area contributed by atoms with Gasteiger partial charge in [-0.2, -0.15) is 4.98 Å². The van der Waals surface area contributed by atoms with Crippen LogP contribution >= 0.6 is 0 Å². The number of anilines is 1. The van der Waals surface area contributed by atoms with E-state index in [0.29, 0.717) is 5.82 Å². The van der Waals surface area contributed by atoms with E-state index in [0.717, 1.165) is 5.56 Å². The van der Waals surface area contributed by atoms with Gasteiger partial charge in [-0.15, -0.1) is 0 Å². The fourth-order valence-corrected chi connectivity index (χ4v) is 2.08. The maximum absolute atomic E-state index is 11.8. The van der Waals surface area contributed by atoms with Crippen molar-refractivity contribution in [2.75, 3.05) is 19.0 Å². The number of rotatable bonds is 3. The van der Waals surface area contributed by atoms with Gasteiger partial charge in [0.15, 0.2) is 0 Å². The standard InChI is InChI=1S/C11H17N3O4/c1-6-4-14(11(17)13-10(6)12-2)9-3-7(16)8(5-15)18-9/h4,7-9,15-16H,3,5H2,1-2H3,(H,12,13,17)/t7-,8-,9+/m1/s1. The van der Waals surface area contributed by atoms with Crippen LogP contribution in [0.15, 0.2) is 11.0 Å². The quantitative estimate of drug-likeness (QED) is 0.656. The molecule has 100 valence electrons. The van der Waals surface area contributed by atoms with Crippen LogP contribution in [0.4, 0.5) is 5.82 Å². The van der Waals surface area contributed by atoms with Crippen LogP contribution in [0.25, 0.3) is 0 Å². The first-order valence-corrected chi connectivity index (χ1v) is 5.78. The van der Waals surface area contributed by atoms with E-state index in [1.54, 1.807) is 13.2 Å². The van der Waals surface area contributed by atoms with Crippen molar-refractivity contribution in [3.05, 3.63) is 22.2 Å². The molecule has 2 rings (SSSR count). The first-order chi connectivity index (χ1) is 8.56. The van der Waals surface area contributed by atoms with Gasteiger partial charge in [-0.25, -0.2) is 4.79 Å². The molecule has 0 radical (unpaired) electrons. The SMILES string of the molecule is CNc1nc(=O)n([C@@H]2C[C@@H](O)[C@@H](CO)O2)cc1C. The van der Waals surface area contributed by atoms with Crippen molar-refractivity contribution in [3.8, 4) is 0 Å². The molecule has 1 aliphatic rings. The molecule has 3 N–H and O–H groups in total. The number of ether oxygens (including phenoxy) is 1. The zero-order valence-electron chi connectivity index (χ0n) is 10.3. The van der Waals surface area contributed by atoms with Crippen molar-refractivity contribution in [1.82, 2.24) is 9.55 Å². The monoisotopic (exact) mass is 255 g/mol. The molecular formula is C11H17N3O4. The summed E-state index contributed by atoms with van der Waals surface area (Å²) in [6.07, 6.45) is -0.0900. The molecular weight excluding hydrogens is 238 g/mol. The van der Waals surface area contributed by atoms with E-state index >= 15 is 0 Å². The highest BCUT2D eigenvalue weighted by Gasteiger charge is 2.35. The van der Waals surface area contributed by atoms with Gasteiger partial charge < -0.3 is 20.3 Å². The lowest BCUT2D eigenvalue weighted by molar-refractivity contribution is -0.0459. The number of aryl methyl sites for hydroxylation is 1. The lowest BCUT2D eigenvalue weighted by Gasteiger charge is -2.15. The summed E-state index contributed by atoms with van der Waals surface area (Å²) in [5, 5.41) is 21.5. The van der Waals surface area contributed by atoms with Crippen molar-refractivity contribution in [2.45, 2.75) is 31.8 Å². The third-order valence-corrected chi connectivity index (χ3v) is 3.07. The molecule has 0 amide bonds. The van der Waals surface area contributed by atoms with Crippen LogP contribution in [-0.4, -0.2) is 45.6 Å². The summed E-state index contributed by atoms with van der Waals surface area (Å²) in [5.41, 5.74) is 0.364. The molecule has 3 atom stereocenters. The summed E-state index contributed by atoms with van der Waals surface area (Å²) in [7, 11) is 1.69. The minimum atomic E-state index is -0.767. The molecule has 0 aliphatic carbocycles. The summed E-state index contributed by atoms with van der Waals surface area (Å²) in [6, 6.07) is 0. The second kappa shape index (κ2) is 5.05. The van der Waals surface area contributed by atoms with Crippen LogP contribution < -0.4 is 11.0 Å². The van der Waals surface area contributed by atoms with Gasteiger partial charge in [-0.1, -0.05) is 0 Å². The molecule has 18 heavy (non-hydrogen) atoms. The lowest BCUT2D eigenvalue weighted by Crippen LogP contribution is -2.28. The molecule has 1 fully saturated rings. The van der Waals surface area contributed by atoms with Gasteiger partial charge in [0.05, 0.1) is 12.7 Å². The number of aromatic nitrogens is 2. The Labute approximate surface area is 104 Å². The Kier molecular flexibility index (Phi) is 3.65. The van der Waals surface area contributed by atoms with Crippen molar-refractivity contribution < 1.29 is 14.9 Å². The maximum atomic E-state index is 11.8. The molecule has 1 aliphatic heterocycles. The molecule has 0 spiro atoms. The largest absolute Gasteiger partial charge is 0.394 e. The average molecular weight is 255 g/mol. The number of aliphatic hydroxyl groups is 2. The first kappa shape index (κ1) is 13.0. The highest BCUT2D eigenvalue weighted by atomic mass is 16.5. The molecule has 7 heteroatoms. The fourth-order valence-electron chi connectivity index (χ4n) is 2.08.